The summed E-state index contributed by atoms with van der Waals surface area (Å²) in [6.45, 7) is 0. The molecule has 4 rings (SSSR count). The second-order valence-corrected chi connectivity index (χ2v) is 8.34. The molecule has 0 saturated carbocycles. The minimum atomic E-state index is -4.25. The number of pyridine rings is 1. The molecule has 148 valence electrons. The van der Waals surface area contributed by atoms with E-state index in [9.17, 15) is 21.6 Å². The molecule has 4 nitrogen and oxygen atoms in total. The quantitative estimate of drug-likeness (QED) is 0.433. The largest absolute Gasteiger partial charge is 0.255 e. The lowest BCUT2D eigenvalue weighted by Crippen LogP contribution is -2.06. The lowest BCUT2D eigenvalue weighted by Gasteiger charge is -2.14. The van der Waals surface area contributed by atoms with Crippen molar-refractivity contribution in [3.63, 3.8) is 0 Å². The van der Waals surface area contributed by atoms with Crippen molar-refractivity contribution in [1.29, 1.82) is 5.26 Å². The summed E-state index contributed by atoms with van der Waals surface area (Å²) in [5, 5.41) is 9.38. The minimum Gasteiger partial charge on any atom is -0.255 e. The second-order valence-electron chi connectivity index (χ2n) is 6.42. The van der Waals surface area contributed by atoms with E-state index in [1.54, 1.807) is 6.07 Å². The number of rotatable bonds is 3. The average Bonchev–Trinajstić information content (AvgIpc) is 2.73. The third-order valence-corrected chi connectivity index (χ3v) is 6.35. The molecular weight excluding hydrogens is 413 g/mol. The Balaban J connectivity index is 2.06. The van der Waals surface area contributed by atoms with Gasteiger partial charge in [0.15, 0.2) is 0 Å². The van der Waals surface area contributed by atoms with E-state index in [2.05, 4.69) is 4.98 Å². The molecule has 0 radical (unpaired) electrons. The first kappa shape index (κ1) is 19.6. The maximum Gasteiger partial charge on any atom is 0.208 e. The highest BCUT2D eigenvalue weighted by atomic mass is 32.2. The molecule has 3 aromatic carbocycles. The number of nitriles is 1. The van der Waals surface area contributed by atoms with Gasteiger partial charge in [0.25, 0.3) is 0 Å². The van der Waals surface area contributed by atoms with Gasteiger partial charge in [-0.05, 0) is 48.0 Å². The Bertz CT molecular complexity index is 1440. The van der Waals surface area contributed by atoms with E-state index in [4.69, 9.17) is 5.26 Å². The molecule has 0 spiro atoms. The summed E-state index contributed by atoms with van der Waals surface area (Å²) in [5.41, 5.74) is 0.361. The second kappa shape index (κ2) is 7.28. The van der Waals surface area contributed by atoms with Gasteiger partial charge in [-0.2, -0.15) is 5.26 Å². The average molecular weight is 424 g/mol. The highest BCUT2D eigenvalue weighted by Gasteiger charge is 2.26. The van der Waals surface area contributed by atoms with Crippen LogP contribution in [-0.4, -0.2) is 13.4 Å². The Morgan fingerprint density at radius 1 is 0.867 bits per heavy atom. The summed E-state index contributed by atoms with van der Waals surface area (Å²) >= 11 is 0. The van der Waals surface area contributed by atoms with E-state index in [1.807, 2.05) is 0 Å². The van der Waals surface area contributed by atoms with Crippen molar-refractivity contribution in [2.45, 2.75) is 9.79 Å². The van der Waals surface area contributed by atoms with Crippen LogP contribution in [0, 0.1) is 28.8 Å². The molecule has 0 bridgehead atoms. The number of hydrogen-bond acceptors (Lipinski definition) is 4. The summed E-state index contributed by atoms with van der Waals surface area (Å²) in [5.74, 6) is -1.90. The smallest absolute Gasteiger partial charge is 0.208 e. The van der Waals surface area contributed by atoms with Crippen molar-refractivity contribution in [3.8, 4) is 17.2 Å². The van der Waals surface area contributed by atoms with Gasteiger partial charge in [0, 0.05) is 23.2 Å². The van der Waals surface area contributed by atoms with Crippen molar-refractivity contribution in [2.24, 2.45) is 0 Å². The molecule has 1 heterocycles. The number of hydrogen-bond donors (Lipinski definition) is 0. The van der Waals surface area contributed by atoms with E-state index in [0.717, 1.165) is 30.5 Å². The first-order chi connectivity index (χ1) is 14.3. The summed E-state index contributed by atoms with van der Waals surface area (Å²) in [6.07, 6.45) is 1.07. The number of halogens is 3. The van der Waals surface area contributed by atoms with Crippen LogP contribution in [0.3, 0.4) is 0 Å². The van der Waals surface area contributed by atoms with Crippen LogP contribution in [-0.2, 0) is 9.84 Å². The zero-order chi connectivity index (χ0) is 21.5. The van der Waals surface area contributed by atoms with Crippen LogP contribution in [0.1, 0.15) is 5.56 Å². The van der Waals surface area contributed by atoms with Gasteiger partial charge in [-0.25, -0.2) is 21.6 Å². The molecule has 0 aliphatic carbocycles. The molecule has 0 amide bonds. The predicted molar refractivity (Wildman–Crippen MR) is 104 cm³/mol. The molecule has 0 aliphatic heterocycles. The maximum absolute atomic E-state index is 13.7. The molecule has 0 atom stereocenters. The third-order valence-electron chi connectivity index (χ3n) is 4.59. The number of fused-ring (bicyclic) bond motifs is 1. The summed E-state index contributed by atoms with van der Waals surface area (Å²) in [7, 11) is -4.25. The summed E-state index contributed by atoms with van der Waals surface area (Å²) < 4.78 is 67.5. The molecule has 4 aromatic rings. The van der Waals surface area contributed by atoms with Crippen molar-refractivity contribution in [3.05, 3.63) is 89.9 Å². The molecular formula is C22H11F3N2O2S. The van der Waals surface area contributed by atoms with Crippen molar-refractivity contribution < 1.29 is 21.6 Å². The Hall–Kier alpha value is -3.70. The molecule has 8 heteroatoms. The van der Waals surface area contributed by atoms with Gasteiger partial charge in [-0.15, -0.1) is 0 Å². The normalized spacial score (nSPS) is 11.4. The van der Waals surface area contributed by atoms with E-state index < -0.39 is 32.9 Å². The molecule has 0 aliphatic rings. The number of benzene rings is 3. The van der Waals surface area contributed by atoms with Crippen LogP contribution >= 0.6 is 0 Å². The third kappa shape index (κ3) is 3.29. The van der Waals surface area contributed by atoms with E-state index in [1.165, 1.54) is 36.4 Å². The molecule has 0 fully saturated rings. The SMILES string of the molecule is N#Cc1cc(S(=O)(=O)c2cnc3cc(F)ccc3c2-c2ccc(F)cc2)ccc1F. The van der Waals surface area contributed by atoms with Crippen LogP contribution in [0.25, 0.3) is 22.0 Å². The van der Waals surface area contributed by atoms with E-state index >= 15 is 0 Å². The first-order valence-electron chi connectivity index (χ1n) is 8.60. The highest BCUT2D eigenvalue weighted by Crippen LogP contribution is 2.37. The zero-order valence-electron chi connectivity index (χ0n) is 15.1. The van der Waals surface area contributed by atoms with Crippen LogP contribution < -0.4 is 0 Å². The van der Waals surface area contributed by atoms with Gasteiger partial charge in [0.2, 0.25) is 9.84 Å². The molecule has 0 saturated heterocycles. The Kier molecular flexibility index (Phi) is 4.76. The standard InChI is InChI=1S/C22H11F3N2O2S/c23-15-3-1-13(2-4-15)22-18-7-5-16(24)10-20(18)27-12-21(22)30(28,29)17-6-8-19(25)14(9-17)11-26/h1-10,12H. The van der Waals surface area contributed by atoms with Gasteiger partial charge < -0.3 is 0 Å². The van der Waals surface area contributed by atoms with Crippen molar-refractivity contribution >= 4 is 20.7 Å². The monoisotopic (exact) mass is 424 g/mol. The molecule has 0 unspecified atom stereocenters. The predicted octanol–water partition coefficient (Wildman–Crippen LogP) is 5.02. The number of sulfone groups is 1. The highest BCUT2D eigenvalue weighted by molar-refractivity contribution is 7.91. The maximum atomic E-state index is 13.7. The number of nitrogens with zero attached hydrogens (tertiary/aromatic N) is 2. The van der Waals surface area contributed by atoms with Crippen molar-refractivity contribution in [2.75, 3.05) is 0 Å². The minimum absolute atomic E-state index is 0.197. The Labute approximate surface area is 169 Å². The number of aromatic nitrogens is 1. The van der Waals surface area contributed by atoms with Crippen LogP contribution in [0.15, 0.2) is 76.7 Å². The van der Waals surface area contributed by atoms with E-state index in [0.29, 0.717) is 10.9 Å². The molecule has 0 N–H and O–H groups in total. The molecule has 30 heavy (non-hydrogen) atoms. The van der Waals surface area contributed by atoms with Gasteiger partial charge in [0.05, 0.1) is 20.9 Å². The Morgan fingerprint density at radius 2 is 1.57 bits per heavy atom. The van der Waals surface area contributed by atoms with E-state index in [-0.39, 0.29) is 20.9 Å². The fraction of sp³-hybridized carbons (Fsp3) is 0. The van der Waals surface area contributed by atoms with Gasteiger partial charge in [-0.3, -0.25) is 4.98 Å². The topological polar surface area (TPSA) is 70.8 Å². The first-order valence-corrected chi connectivity index (χ1v) is 10.1. The fourth-order valence-corrected chi connectivity index (χ4v) is 4.61. The van der Waals surface area contributed by atoms with Crippen LogP contribution in [0.5, 0.6) is 0 Å². The summed E-state index contributed by atoms with van der Waals surface area (Å²) in [6, 6.07) is 13.4. The van der Waals surface area contributed by atoms with Gasteiger partial charge >= 0.3 is 0 Å². The summed E-state index contributed by atoms with van der Waals surface area (Å²) in [4.78, 5) is 3.53. The lowest BCUT2D eigenvalue weighted by molar-refractivity contribution is 0.594. The van der Waals surface area contributed by atoms with Crippen LogP contribution in [0.4, 0.5) is 13.2 Å². The lowest BCUT2D eigenvalue weighted by atomic mass is 10.0. The Morgan fingerprint density at radius 3 is 2.27 bits per heavy atom. The van der Waals surface area contributed by atoms with Crippen molar-refractivity contribution in [1.82, 2.24) is 4.98 Å². The molecule has 1 aromatic heterocycles. The zero-order valence-corrected chi connectivity index (χ0v) is 15.9. The van der Waals surface area contributed by atoms with Gasteiger partial charge in [-0.1, -0.05) is 12.1 Å². The van der Waals surface area contributed by atoms with Crippen LogP contribution in [0.2, 0.25) is 0 Å². The fourth-order valence-electron chi connectivity index (χ4n) is 3.15. The van der Waals surface area contributed by atoms with Gasteiger partial charge in [0.1, 0.15) is 23.5 Å².